The van der Waals surface area contributed by atoms with Gasteiger partial charge in [-0.1, -0.05) is 24.3 Å². The minimum absolute atomic E-state index is 0.0494. The molecule has 1 aliphatic rings. The number of rotatable bonds is 7. The van der Waals surface area contributed by atoms with Crippen molar-refractivity contribution in [2.45, 2.75) is 19.8 Å². The average molecular weight is 420 g/mol. The van der Waals surface area contributed by atoms with Crippen LogP contribution in [0.15, 0.2) is 48.5 Å². The molecule has 4 rings (SSSR count). The van der Waals surface area contributed by atoms with Gasteiger partial charge in [0.2, 0.25) is 6.79 Å². The Morgan fingerprint density at radius 2 is 1.84 bits per heavy atom. The summed E-state index contributed by atoms with van der Waals surface area (Å²) in [7, 11) is 0. The number of carbonyl (C=O) groups excluding carboxylic acids is 3. The number of carbonyl (C=O) groups is 3. The molecule has 2 heterocycles. The Balaban J connectivity index is 1.30. The van der Waals surface area contributed by atoms with Gasteiger partial charge in [0.15, 0.2) is 23.9 Å². The maximum atomic E-state index is 12.2. The molecule has 1 amide bonds. The number of para-hydroxylation sites is 1. The van der Waals surface area contributed by atoms with Crippen LogP contribution in [0.2, 0.25) is 0 Å². The number of nitrogens with zero attached hydrogens (tertiary/aromatic N) is 1. The van der Waals surface area contributed by atoms with Gasteiger partial charge in [0, 0.05) is 29.1 Å². The Labute approximate surface area is 178 Å². The van der Waals surface area contributed by atoms with Gasteiger partial charge in [-0.2, -0.15) is 0 Å². The number of hydrogen-bond donors (Lipinski definition) is 1. The van der Waals surface area contributed by atoms with Crippen LogP contribution in [0.1, 0.15) is 29.4 Å². The smallest absolute Gasteiger partial charge is 0.306 e. The van der Waals surface area contributed by atoms with Gasteiger partial charge in [-0.05, 0) is 25.1 Å². The highest BCUT2D eigenvalue weighted by atomic mass is 16.7. The standard InChI is InChI=1S/C23H20N2O6/c1-14(26)17-10-20-21(31-13-30-20)11-19(17)25-22(27)12-29-23(28)9-8-16-7-6-15-4-2-3-5-18(15)24-16/h2-7,10-11H,8-9,12-13H2,1H3,(H,25,27). The van der Waals surface area contributed by atoms with E-state index in [1.807, 2.05) is 36.4 Å². The van der Waals surface area contributed by atoms with Crippen molar-refractivity contribution in [1.82, 2.24) is 4.98 Å². The van der Waals surface area contributed by atoms with Crippen molar-refractivity contribution in [2.24, 2.45) is 0 Å². The molecule has 3 aromatic rings. The van der Waals surface area contributed by atoms with Gasteiger partial charge < -0.3 is 19.5 Å². The lowest BCUT2D eigenvalue weighted by Crippen LogP contribution is -2.22. The summed E-state index contributed by atoms with van der Waals surface area (Å²) < 4.78 is 15.6. The van der Waals surface area contributed by atoms with Gasteiger partial charge in [-0.15, -0.1) is 0 Å². The van der Waals surface area contributed by atoms with Gasteiger partial charge >= 0.3 is 5.97 Å². The van der Waals surface area contributed by atoms with Crippen LogP contribution in [-0.2, 0) is 20.7 Å². The maximum Gasteiger partial charge on any atom is 0.306 e. The van der Waals surface area contributed by atoms with Crippen molar-refractivity contribution in [3.05, 3.63) is 59.8 Å². The molecule has 0 fully saturated rings. The lowest BCUT2D eigenvalue weighted by molar-refractivity contribution is -0.147. The quantitative estimate of drug-likeness (QED) is 0.462. The minimum Gasteiger partial charge on any atom is -0.456 e. The molecule has 8 heteroatoms. The molecule has 1 N–H and O–H groups in total. The highest BCUT2D eigenvalue weighted by molar-refractivity contribution is 6.05. The van der Waals surface area contributed by atoms with Crippen LogP contribution in [0.3, 0.4) is 0 Å². The Hall–Kier alpha value is -3.94. The summed E-state index contributed by atoms with van der Waals surface area (Å²) in [5, 5.41) is 3.61. The number of esters is 1. The number of benzene rings is 2. The summed E-state index contributed by atoms with van der Waals surface area (Å²) in [5.41, 5.74) is 2.19. The zero-order valence-electron chi connectivity index (χ0n) is 16.8. The van der Waals surface area contributed by atoms with E-state index >= 15 is 0 Å². The fourth-order valence-corrected chi connectivity index (χ4v) is 3.22. The Bertz CT molecular complexity index is 1170. The summed E-state index contributed by atoms with van der Waals surface area (Å²) in [4.78, 5) is 40.7. The summed E-state index contributed by atoms with van der Waals surface area (Å²) in [6.45, 7) is 0.970. The third kappa shape index (κ3) is 4.80. The normalized spacial score (nSPS) is 11.9. The number of anilines is 1. The molecular weight excluding hydrogens is 400 g/mol. The van der Waals surface area contributed by atoms with E-state index < -0.39 is 18.5 Å². The number of aromatic nitrogens is 1. The molecule has 0 radical (unpaired) electrons. The van der Waals surface area contributed by atoms with E-state index in [1.54, 1.807) is 0 Å². The average Bonchev–Trinajstić information content (AvgIpc) is 3.23. The first-order valence-corrected chi connectivity index (χ1v) is 9.74. The van der Waals surface area contributed by atoms with E-state index in [4.69, 9.17) is 14.2 Å². The van der Waals surface area contributed by atoms with Crippen molar-refractivity contribution >= 4 is 34.3 Å². The molecule has 8 nitrogen and oxygen atoms in total. The molecule has 0 aliphatic carbocycles. The zero-order valence-corrected chi connectivity index (χ0v) is 16.8. The van der Waals surface area contributed by atoms with Crippen LogP contribution in [0.25, 0.3) is 10.9 Å². The zero-order chi connectivity index (χ0) is 21.8. The van der Waals surface area contributed by atoms with Crippen molar-refractivity contribution in [1.29, 1.82) is 0 Å². The second kappa shape index (κ2) is 8.83. The fraction of sp³-hybridized carbons (Fsp3) is 0.217. The lowest BCUT2D eigenvalue weighted by atomic mass is 10.1. The van der Waals surface area contributed by atoms with Crippen LogP contribution < -0.4 is 14.8 Å². The number of nitrogens with one attached hydrogen (secondary N) is 1. The van der Waals surface area contributed by atoms with Gasteiger partial charge in [-0.3, -0.25) is 19.4 Å². The fourth-order valence-electron chi connectivity index (χ4n) is 3.22. The predicted octanol–water partition coefficient (Wildman–Crippen LogP) is 3.28. The molecule has 0 saturated heterocycles. The number of ether oxygens (including phenoxy) is 3. The number of hydrogen-bond acceptors (Lipinski definition) is 7. The molecule has 0 spiro atoms. The van der Waals surface area contributed by atoms with Gasteiger partial charge in [-0.25, -0.2) is 0 Å². The Morgan fingerprint density at radius 3 is 2.65 bits per heavy atom. The molecule has 1 aliphatic heterocycles. The topological polar surface area (TPSA) is 104 Å². The van der Waals surface area contributed by atoms with E-state index in [0.29, 0.717) is 17.9 Å². The Morgan fingerprint density at radius 1 is 1.06 bits per heavy atom. The number of pyridine rings is 1. The maximum absolute atomic E-state index is 12.2. The first-order valence-electron chi connectivity index (χ1n) is 9.74. The number of aryl methyl sites for hydroxylation is 1. The van der Waals surface area contributed by atoms with Crippen molar-refractivity contribution in [3.63, 3.8) is 0 Å². The largest absolute Gasteiger partial charge is 0.456 e. The minimum atomic E-state index is -0.557. The Kier molecular flexibility index (Phi) is 5.79. The molecular formula is C23H20N2O6. The molecule has 158 valence electrons. The molecule has 1 aromatic heterocycles. The third-order valence-electron chi connectivity index (χ3n) is 4.77. The molecule has 0 saturated carbocycles. The second-order valence-corrected chi connectivity index (χ2v) is 7.01. The van der Waals surface area contributed by atoms with E-state index in [0.717, 1.165) is 16.6 Å². The molecule has 0 unspecified atom stereocenters. The van der Waals surface area contributed by atoms with Gasteiger partial charge in [0.1, 0.15) is 0 Å². The highest BCUT2D eigenvalue weighted by Gasteiger charge is 2.20. The first kappa shape index (κ1) is 20.3. The monoisotopic (exact) mass is 420 g/mol. The lowest BCUT2D eigenvalue weighted by Gasteiger charge is -2.11. The van der Waals surface area contributed by atoms with Gasteiger partial charge in [0.05, 0.1) is 17.6 Å². The van der Waals surface area contributed by atoms with E-state index in [2.05, 4.69) is 10.3 Å². The number of fused-ring (bicyclic) bond motifs is 2. The first-order chi connectivity index (χ1) is 15.0. The summed E-state index contributed by atoms with van der Waals surface area (Å²) in [5.74, 6) is -0.438. The third-order valence-corrected chi connectivity index (χ3v) is 4.77. The van der Waals surface area contributed by atoms with E-state index in [-0.39, 0.29) is 30.2 Å². The predicted molar refractivity (Wildman–Crippen MR) is 112 cm³/mol. The van der Waals surface area contributed by atoms with Crippen molar-refractivity contribution in [2.75, 3.05) is 18.7 Å². The molecule has 0 bridgehead atoms. The molecule has 2 aromatic carbocycles. The van der Waals surface area contributed by atoms with Crippen LogP contribution in [0, 0.1) is 0 Å². The molecule has 0 atom stereocenters. The van der Waals surface area contributed by atoms with Crippen LogP contribution >= 0.6 is 0 Å². The number of amides is 1. The summed E-state index contributed by atoms with van der Waals surface area (Å²) in [6.07, 6.45) is 0.503. The van der Waals surface area contributed by atoms with Crippen LogP contribution in [0.4, 0.5) is 5.69 Å². The van der Waals surface area contributed by atoms with Gasteiger partial charge in [0.25, 0.3) is 5.91 Å². The molecule has 31 heavy (non-hydrogen) atoms. The number of ketones is 1. The van der Waals surface area contributed by atoms with Crippen molar-refractivity contribution in [3.8, 4) is 11.5 Å². The van der Waals surface area contributed by atoms with Crippen LogP contribution in [-0.4, -0.2) is 36.0 Å². The summed E-state index contributed by atoms with van der Waals surface area (Å²) in [6, 6.07) is 14.6. The highest BCUT2D eigenvalue weighted by Crippen LogP contribution is 2.37. The van der Waals surface area contributed by atoms with Crippen molar-refractivity contribution < 1.29 is 28.6 Å². The van der Waals surface area contributed by atoms with E-state index in [9.17, 15) is 14.4 Å². The number of Topliss-reactive ketones (excluding diaryl/α,β-unsaturated/α-hetero) is 1. The summed E-state index contributed by atoms with van der Waals surface area (Å²) >= 11 is 0. The van der Waals surface area contributed by atoms with E-state index in [1.165, 1.54) is 19.1 Å². The second-order valence-electron chi connectivity index (χ2n) is 7.01. The van der Waals surface area contributed by atoms with Crippen LogP contribution in [0.5, 0.6) is 11.5 Å². The SMILES string of the molecule is CC(=O)c1cc2c(cc1NC(=O)COC(=O)CCc1ccc3ccccc3n1)OCO2.